The van der Waals surface area contributed by atoms with Gasteiger partial charge in [-0.3, -0.25) is 4.79 Å². The van der Waals surface area contributed by atoms with Gasteiger partial charge in [0.1, 0.15) is 22.7 Å². The molecule has 3 fully saturated rings. The molecule has 412 valence electrons. The van der Waals surface area contributed by atoms with E-state index in [9.17, 15) is 23.4 Å². The first-order valence-electron chi connectivity index (χ1n) is 25.7. The lowest BCUT2D eigenvalue weighted by atomic mass is 9.73. The second-order valence-electron chi connectivity index (χ2n) is 23.6. The highest BCUT2D eigenvalue weighted by molar-refractivity contribution is 7.90. The summed E-state index contributed by atoms with van der Waals surface area (Å²) in [5, 5.41) is 29.3. The Labute approximate surface area is 432 Å². The summed E-state index contributed by atoms with van der Waals surface area (Å²) in [6.07, 6.45) is -7.00. The molecule has 0 aliphatic carbocycles. The van der Waals surface area contributed by atoms with E-state index in [1.165, 1.54) is 13.0 Å². The molecule has 18 nitrogen and oxygen atoms in total. The predicted molar refractivity (Wildman–Crippen MR) is 279 cm³/mol. The van der Waals surface area contributed by atoms with E-state index < -0.39 is 128 Å². The van der Waals surface area contributed by atoms with Crippen LogP contribution in [0, 0.1) is 23.7 Å². The van der Waals surface area contributed by atoms with Gasteiger partial charge < -0.3 is 62.0 Å². The standard InChI is InChI=1S/C51H89N3O15SSi2/c1-21-38-51(10,57)43(55)31(4)40(52-67-46-35-24-22-23-25-37(35)70(58,59)53-46)29(2)27-49(8,60-13)44(66-48-42(68-71(15,16)17)36(54(11)12)26-30(3)62-48)32(5)41(33(6)47(56)64-38)65-39-28-50(9,61-14)45(34(7)63-39)69-72(18,19)20/h22-25,29-34,36,38-39,41-45,48,55,57H,21,26-28H2,1-20H3/b52-40+/t29-,30+,31-,32-,33+,34-,36-,38+,39?,41-,42+,43+,44+,45-,48-,49-,50+,51+/m0/s1. The Morgan fingerprint density at radius 1 is 0.847 bits per heavy atom. The van der Waals surface area contributed by atoms with Gasteiger partial charge in [0.25, 0.3) is 15.9 Å². The number of esters is 1. The monoisotopic (exact) mass is 1070 g/mol. The number of likely N-dealkylation sites (N-methyl/N-ethyl adjacent to an activating group) is 1. The maximum atomic E-state index is 14.9. The van der Waals surface area contributed by atoms with Crippen LogP contribution in [-0.2, 0) is 61.7 Å². The van der Waals surface area contributed by atoms with Crippen molar-refractivity contribution in [2.75, 3.05) is 28.3 Å². The number of sulfonamides is 1. The van der Waals surface area contributed by atoms with Crippen LogP contribution in [0.3, 0.4) is 0 Å². The molecule has 5 rings (SSSR count). The summed E-state index contributed by atoms with van der Waals surface area (Å²) >= 11 is 0. The molecule has 1 aromatic rings. The van der Waals surface area contributed by atoms with Crippen LogP contribution in [0.25, 0.3) is 0 Å². The number of oxime groups is 1. The van der Waals surface area contributed by atoms with Crippen molar-refractivity contribution in [2.24, 2.45) is 33.2 Å². The molecule has 4 heterocycles. The van der Waals surface area contributed by atoms with Crippen LogP contribution in [0.1, 0.15) is 100 Å². The molecule has 2 N–H and O–H groups in total. The molecule has 18 atom stereocenters. The van der Waals surface area contributed by atoms with Crippen LogP contribution >= 0.6 is 0 Å². The first-order valence-corrected chi connectivity index (χ1v) is 33.9. The van der Waals surface area contributed by atoms with Crippen molar-refractivity contribution >= 4 is 44.2 Å². The van der Waals surface area contributed by atoms with Crippen molar-refractivity contribution in [3.8, 4) is 0 Å². The highest BCUT2D eigenvalue weighted by Gasteiger charge is 2.55. The van der Waals surface area contributed by atoms with Gasteiger partial charge in [-0.15, -0.1) is 4.40 Å². The minimum atomic E-state index is -4.08. The van der Waals surface area contributed by atoms with Crippen LogP contribution in [0.2, 0.25) is 39.3 Å². The summed E-state index contributed by atoms with van der Waals surface area (Å²) in [5.74, 6) is -4.26. The van der Waals surface area contributed by atoms with E-state index in [-0.39, 0.29) is 53.5 Å². The number of ether oxygens (including phenoxy) is 7. The molecule has 72 heavy (non-hydrogen) atoms. The molecule has 0 amide bonds. The molecule has 4 aliphatic heterocycles. The summed E-state index contributed by atoms with van der Waals surface area (Å²) in [6.45, 7) is 31.0. The highest BCUT2D eigenvalue weighted by atomic mass is 32.2. The Morgan fingerprint density at radius 3 is 2.01 bits per heavy atom. The molecule has 21 heteroatoms. The van der Waals surface area contributed by atoms with Crippen molar-refractivity contribution in [3.05, 3.63) is 29.8 Å². The van der Waals surface area contributed by atoms with Crippen LogP contribution in [0.4, 0.5) is 0 Å². The largest absolute Gasteiger partial charge is 0.459 e. The summed E-state index contributed by atoms with van der Waals surface area (Å²) in [7, 11) is -1.15. The second kappa shape index (κ2) is 23.2. The molecule has 4 aliphatic rings. The Bertz CT molecular complexity index is 2190. The number of fused-ring (bicyclic) bond motifs is 1. The number of aliphatic hydroxyl groups is 2. The summed E-state index contributed by atoms with van der Waals surface area (Å²) in [6, 6.07) is 6.19. The van der Waals surface area contributed by atoms with Gasteiger partial charge in [0.2, 0.25) is 0 Å². The van der Waals surface area contributed by atoms with Crippen molar-refractivity contribution in [3.63, 3.8) is 0 Å². The van der Waals surface area contributed by atoms with E-state index in [0.29, 0.717) is 6.42 Å². The highest BCUT2D eigenvalue weighted by Crippen LogP contribution is 2.43. The third-order valence-corrected chi connectivity index (χ3v) is 18.3. The van der Waals surface area contributed by atoms with E-state index in [2.05, 4.69) is 53.7 Å². The second-order valence-corrected chi connectivity index (χ2v) is 34.1. The molecule has 0 bridgehead atoms. The van der Waals surface area contributed by atoms with Gasteiger partial charge in [-0.25, -0.2) is 0 Å². The topological polar surface area (TPSA) is 212 Å². The Balaban J connectivity index is 1.72. The van der Waals surface area contributed by atoms with E-state index in [0.717, 1.165) is 0 Å². The van der Waals surface area contributed by atoms with Crippen LogP contribution in [-0.4, -0.2) is 170 Å². The number of rotatable bonds is 13. The summed E-state index contributed by atoms with van der Waals surface area (Å²) in [5.41, 5.74) is -3.69. The molecule has 0 saturated carbocycles. The predicted octanol–water partition coefficient (Wildman–Crippen LogP) is 7.11. The first-order chi connectivity index (χ1) is 33.1. The van der Waals surface area contributed by atoms with Gasteiger partial charge in [-0.1, -0.05) is 45.0 Å². The van der Waals surface area contributed by atoms with Crippen molar-refractivity contribution in [2.45, 2.75) is 223 Å². The van der Waals surface area contributed by atoms with E-state index in [4.69, 9.17) is 46.8 Å². The van der Waals surface area contributed by atoms with Crippen molar-refractivity contribution in [1.29, 1.82) is 0 Å². The van der Waals surface area contributed by atoms with Crippen molar-refractivity contribution < 1.29 is 70.3 Å². The number of benzene rings is 1. The lowest BCUT2D eigenvalue weighted by Gasteiger charge is -2.51. The number of hydrogen-bond acceptors (Lipinski definition) is 17. The molecule has 0 aromatic heterocycles. The van der Waals surface area contributed by atoms with Crippen LogP contribution < -0.4 is 0 Å². The summed E-state index contributed by atoms with van der Waals surface area (Å²) < 4.78 is 91.1. The lowest BCUT2D eigenvalue weighted by Crippen LogP contribution is -2.63. The zero-order valence-electron chi connectivity index (χ0n) is 46.7. The molecule has 3 saturated heterocycles. The number of cyclic esters (lactones) is 1. The fourth-order valence-corrected chi connectivity index (χ4v) is 14.5. The van der Waals surface area contributed by atoms with E-state index in [1.807, 2.05) is 55.6 Å². The maximum Gasteiger partial charge on any atom is 0.311 e. The van der Waals surface area contributed by atoms with Gasteiger partial charge in [-0.2, -0.15) is 8.42 Å². The Hall–Kier alpha value is -2.23. The van der Waals surface area contributed by atoms with E-state index in [1.54, 1.807) is 53.2 Å². The number of aliphatic hydroxyl groups excluding tert-OH is 1. The smallest absolute Gasteiger partial charge is 0.311 e. The van der Waals surface area contributed by atoms with Crippen LogP contribution in [0.15, 0.2) is 38.7 Å². The van der Waals surface area contributed by atoms with Gasteiger partial charge in [0, 0.05) is 44.4 Å². The molecule has 0 radical (unpaired) electrons. The number of hydrogen-bond donors (Lipinski definition) is 2. The minimum Gasteiger partial charge on any atom is -0.459 e. The van der Waals surface area contributed by atoms with Gasteiger partial charge in [0.05, 0.1) is 65.0 Å². The molecule has 0 spiro atoms. The Morgan fingerprint density at radius 2 is 1.44 bits per heavy atom. The Kier molecular flexibility index (Phi) is 19.5. The van der Waals surface area contributed by atoms with Crippen molar-refractivity contribution in [1.82, 2.24) is 4.90 Å². The van der Waals surface area contributed by atoms with Gasteiger partial charge in [-0.05, 0) is 126 Å². The van der Waals surface area contributed by atoms with Crippen LogP contribution in [0.5, 0.6) is 0 Å². The van der Waals surface area contributed by atoms with Gasteiger partial charge in [0.15, 0.2) is 29.2 Å². The molecule has 1 unspecified atom stereocenters. The summed E-state index contributed by atoms with van der Waals surface area (Å²) in [4.78, 5) is 23.0. The maximum absolute atomic E-state index is 14.9. The van der Waals surface area contributed by atoms with Gasteiger partial charge >= 0.3 is 5.97 Å². The molecular weight excluding hydrogens is 983 g/mol. The average Bonchev–Trinajstić information content (AvgIpc) is 3.55. The molecule has 1 aromatic carbocycles. The zero-order valence-corrected chi connectivity index (χ0v) is 49.6. The zero-order chi connectivity index (χ0) is 54.3. The first kappa shape index (κ1) is 60.6. The molecular formula is C51H89N3O15SSi2. The quantitative estimate of drug-likeness (QED) is 0.114. The number of nitrogens with zero attached hydrogens (tertiary/aromatic N) is 3. The number of carbonyl (C=O) groups excluding carboxylic acids is 1. The number of carbonyl (C=O) groups is 1. The SMILES string of the molecule is CC[C@H]1OC(=O)[C@H](C)[C@@H](OC2C[C@@](C)(OC)[C@@H](O[Si](C)(C)C)[C@H](C)O2)[C@H](C)[C@@H](O[C@@H]2O[C@H](C)C[C@H](N(C)C)[C@H]2O[Si](C)(C)C)[C@@](C)(OC)C[C@H](C)/C(=N\OC2=NS(=O)(=O)c3ccccc32)[C@H](C)[C@@H](O)[C@]1(C)O. The number of methoxy groups -OCH3 is 2. The third kappa shape index (κ3) is 13.7. The normalized spacial score (nSPS) is 41.1. The fourth-order valence-electron chi connectivity index (χ4n) is 11.1. The fraction of sp³-hybridized carbons (Fsp3) is 0.824. The minimum absolute atomic E-state index is 0.0263. The lowest BCUT2D eigenvalue weighted by molar-refractivity contribution is -0.316. The average molecular weight is 1070 g/mol. The van der Waals surface area contributed by atoms with E-state index >= 15 is 0 Å². The third-order valence-electron chi connectivity index (χ3n) is 15.0.